The summed E-state index contributed by atoms with van der Waals surface area (Å²) in [6, 6.07) is 3.59. The Kier molecular flexibility index (Phi) is 4.09. The van der Waals surface area contributed by atoms with Gasteiger partial charge in [0.25, 0.3) is 0 Å². The maximum atomic E-state index is 13.4. The average Bonchev–Trinajstić information content (AvgIpc) is 2.14. The first kappa shape index (κ1) is 14.3. The van der Waals surface area contributed by atoms with Gasteiger partial charge in [0.05, 0.1) is 6.61 Å². The van der Waals surface area contributed by atoms with Crippen LogP contribution in [0.3, 0.4) is 0 Å². The van der Waals surface area contributed by atoms with Crippen molar-refractivity contribution in [2.24, 2.45) is 0 Å². The lowest BCUT2D eigenvalue weighted by atomic mass is 10.2. The lowest BCUT2D eigenvalue weighted by Gasteiger charge is -2.36. The van der Waals surface area contributed by atoms with E-state index in [1.165, 1.54) is 12.1 Å². The summed E-state index contributed by atoms with van der Waals surface area (Å²) in [7, 11) is -1.88. The average molecular weight is 258 g/mol. The fraction of sp³-hybridized carbons (Fsp3) is 0.538. The highest BCUT2D eigenvalue weighted by Gasteiger charge is 2.37. The van der Waals surface area contributed by atoms with E-state index in [1.807, 2.05) is 0 Å². The van der Waals surface area contributed by atoms with Gasteiger partial charge in [0, 0.05) is 11.6 Å². The van der Waals surface area contributed by atoms with Crippen molar-refractivity contribution < 1.29 is 13.2 Å². The van der Waals surface area contributed by atoms with Gasteiger partial charge in [0.1, 0.15) is 11.6 Å². The summed E-state index contributed by atoms with van der Waals surface area (Å²) in [5.74, 6) is -1.10. The van der Waals surface area contributed by atoms with Crippen LogP contribution in [0.25, 0.3) is 0 Å². The molecule has 0 amide bonds. The first-order chi connectivity index (χ1) is 7.63. The van der Waals surface area contributed by atoms with E-state index in [0.717, 1.165) is 6.07 Å². The maximum Gasteiger partial charge on any atom is 0.192 e. The molecular weight excluding hydrogens is 238 g/mol. The molecule has 96 valence electrons. The fourth-order valence-electron chi connectivity index (χ4n) is 1.11. The molecule has 0 unspecified atom stereocenters. The SMILES string of the molecule is CC(C)(C)[Si](C)(C)OCc1ccc(F)cc1F. The Morgan fingerprint density at radius 1 is 1.18 bits per heavy atom. The Morgan fingerprint density at radius 3 is 2.24 bits per heavy atom. The molecule has 1 rings (SSSR count). The van der Waals surface area contributed by atoms with Crippen molar-refractivity contribution in [1.29, 1.82) is 0 Å². The molecule has 1 nitrogen and oxygen atoms in total. The molecule has 0 aromatic heterocycles. The Labute approximate surface area is 103 Å². The highest BCUT2D eigenvalue weighted by Crippen LogP contribution is 2.37. The Bertz CT molecular complexity index is 397. The van der Waals surface area contributed by atoms with Gasteiger partial charge in [0.15, 0.2) is 8.32 Å². The number of rotatable bonds is 3. The molecule has 17 heavy (non-hydrogen) atoms. The van der Waals surface area contributed by atoms with E-state index in [0.29, 0.717) is 5.56 Å². The second-order valence-corrected chi connectivity index (χ2v) is 10.6. The second-order valence-electron chi connectivity index (χ2n) is 5.78. The van der Waals surface area contributed by atoms with Crippen LogP contribution in [0.15, 0.2) is 18.2 Å². The zero-order valence-corrected chi connectivity index (χ0v) is 12.1. The van der Waals surface area contributed by atoms with Gasteiger partial charge in [0.2, 0.25) is 0 Å². The number of benzene rings is 1. The molecule has 0 aliphatic heterocycles. The summed E-state index contributed by atoms with van der Waals surface area (Å²) in [6.07, 6.45) is 0. The molecule has 1 aromatic rings. The van der Waals surface area contributed by atoms with Crippen LogP contribution >= 0.6 is 0 Å². The van der Waals surface area contributed by atoms with Crippen molar-refractivity contribution in [2.45, 2.75) is 45.5 Å². The quantitative estimate of drug-likeness (QED) is 0.726. The highest BCUT2D eigenvalue weighted by molar-refractivity contribution is 6.74. The van der Waals surface area contributed by atoms with Crippen LogP contribution in [0.5, 0.6) is 0 Å². The number of hydrogen-bond donors (Lipinski definition) is 0. The van der Waals surface area contributed by atoms with Gasteiger partial charge in [-0.15, -0.1) is 0 Å². The molecule has 0 saturated carbocycles. The van der Waals surface area contributed by atoms with Crippen molar-refractivity contribution in [1.82, 2.24) is 0 Å². The normalized spacial score (nSPS) is 12.9. The molecule has 0 spiro atoms. The van der Waals surface area contributed by atoms with Gasteiger partial charge in [-0.05, 0) is 24.2 Å². The standard InChI is InChI=1S/C13H20F2OSi/c1-13(2,3)17(4,5)16-9-10-6-7-11(14)8-12(10)15/h6-8H,9H2,1-5H3. The van der Waals surface area contributed by atoms with Crippen molar-refractivity contribution in [3.8, 4) is 0 Å². The zero-order chi connectivity index (χ0) is 13.3. The van der Waals surface area contributed by atoms with E-state index in [1.54, 1.807) is 0 Å². The molecule has 0 heterocycles. The lowest BCUT2D eigenvalue weighted by molar-refractivity contribution is 0.271. The highest BCUT2D eigenvalue weighted by atomic mass is 28.4. The van der Waals surface area contributed by atoms with Crippen LogP contribution in [0.1, 0.15) is 26.3 Å². The summed E-state index contributed by atoms with van der Waals surface area (Å²) in [5.41, 5.74) is 0.413. The minimum absolute atomic E-state index is 0.0868. The molecular formula is C13H20F2OSi. The molecule has 0 radical (unpaired) electrons. The summed E-state index contributed by atoms with van der Waals surface area (Å²) in [6.45, 7) is 10.8. The minimum atomic E-state index is -1.88. The van der Waals surface area contributed by atoms with Gasteiger partial charge in [-0.1, -0.05) is 26.8 Å². The number of halogens is 2. The van der Waals surface area contributed by atoms with Crippen LogP contribution < -0.4 is 0 Å². The van der Waals surface area contributed by atoms with Crippen LogP contribution in [0, 0.1) is 11.6 Å². The lowest BCUT2D eigenvalue weighted by Crippen LogP contribution is -2.40. The summed E-state index contributed by atoms with van der Waals surface area (Å²) in [4.78, 5) is 0. The van der Waals surface area contributed by atoms with E-state index in [2.05, 4.69) is 33.9 Å². The molecule has 1 aromatic carbocycles. The van der Waals surface area contributed by atoms with Crippen LogP contribution in [-0.4, -0.2) is 8.32 Å². The maximum absolute atomic E-state index is 13.4. The molecule has 4 heteroatoms. The first-order valence-corrected chi connectivity index (χ1v) is 8.62. The third kappa shape index (κ3) is 3.61. The minimum Gasteiger partial charge on any atom is -0.412 e. The predicted molar refractivity (Wildman–Crippen MR) is 68.3 cm³/mol. The molecule has 0 aliphatic carbocycles. The smallest absolute Gasteiger partial charge is 0.192 e. The largest absolute Gasteiger partial charge is 0.412 e. The van der Waals surface area contributed by atoms with Crippen molar-refractivity contribution in [3.05, 3.63) is 35.4 Å². The van der Waals surface area contributed by atoms with Crippen LogP contribution in [-0.2, 0) is 11.0 Å². The van der Waals surface area contributed by atoms with E-state index >= 15 is 0 Å². The van der Waals surface area contributed by atoms with E-state index in [9.17, 15) is 8.78 Å². The fourth-order valence-corrected chi connectivity index (χ4v) is 2.06. The van der Waals surface area contributed by atoms with Crippen molar-refractivity contribution >= 4 is 8.32 Å². The van der Waals surface area contributed by atoms with Gasteiger partial charge >= 0.3 is 0 Å². The molecule has 0 bridgehead atoms. The molecule has 0 fully saturated rings. The Hall–Kier alpha value is -0.743. The van der Waals surface area contributed by atoms with Gasteiger partial charge in [-0.3, -0.25) is 0 Å². The summed E-state index contributed by atoms with van der Waals surface area (Å²) < 4.78 is 32.0. The molecule has 0 saturated heterocycles. The van der Waals surface area contributed by atoms with E-state index < -0.39 is 20.0 Å². The Balaban J connectivity index is 2.74. The van der Waals surface area contributed by atoms with Crippen molar-refractivity contribution in [2.75, 3.05) is 0 Å². The first-order valence-electron chi connectivity index (χ1n) is 5.71. The van der Waals surface area contributed by atoms with Gasteiger partial charge < -0.3 is 4.43 Å². The third-order valence-corrected chi connectivity index (χ3v) is 7.89. The van der Waals surface area contributed by atoms with Gasteiger partial charge in [-0.25, -0.2) is 8.78 Å². The molecule has 0 atom stereocenters. The topological polar surface area (TPSA) is 9.23 Å². The third-order valence-electron chi connectivity index (χ3n) is 3.41. The van der Waals surface area contributed by atoms with E-state index in [-0.39, 0.29) is 11.6 Å². The zero-order valence-electron chi connectivity index (χ0n) is 11.1. The number of hydrogen-bond acceptors (Lipinski definition) is 1. The van der Waals surface area contributed by atoms with E-state index in [4.69, 9.17) is 4.43 Å². The predicted octanol–water partition coefficient (Wildman–Crippen LogP) is 4.49. The van der Waals surface area contributed by atoms with Crippen LogP contribution in [0.4, 0.5) is 8.78 Å². The molecule has 0 N–H and O–H groups in total. The summed E-state index contributed by atoms with van der Waals surface area (Å²) in [5, 5.41) is 0.0868. The summed E-state index contributed by atoms with van der Waals surface area (Å²) >= 11 is 0. The van der Waals surface area contributed by atoms with Crippen LogP contribution in [0.2, 0.25) is 18.1 Å². The van der Waals surface area contributed by atoms with Crippen molar-refractivity contribution in [3.63, 3.8) is 0 Å². The second kappa shape index (κ2) is 4.86. The van der Waals surface area contributed by atoms with Gasteiger partial charge in [-0.2, -0.15) is 0 Å². The monoisotopic (exact) mass is 258 g/mol. The molecule has 0 aliphatic rings. The Morgan fingerprint density at radius 2 is 1.76 bits per heavy atom.